The van der Waals surface area contributed by atoms with Crippen LogP contribution >= 0.6 is 27.7 Å². The fraction of sp³-hybridized carbons (Fsp3) is 0.294. The van der Waals surface area contributed by atoms with Gasteiger partial charge in [-0.2, -0.15) is 0 Å². The number of aryl methyl sites for hydroxylation is 1. The topological polar surface area (TPSA) is 12.0 Å². The number of halogens is 1. The van der Waals surface area contributed by atoms with Crippen molar-refractivity contribution in [1.82, 2.24) is 5.32 Å². The first-order valence-corrected chi connectivity index (χ1v) is 8.42. The number of nitrogens with one attached hydrogen (secondary N) is 1. The fourth-order valence-electron chi connectivity index (χ4n) is 1.87. The number of rotatable bonds is 5. The Morgan fingerprint density at radius 2 is 1.85 bits per heavy atom. The molecule has 0 amide bonds. The number of hydrogen-bond donors (Lipinski definition) is 1. The largest absolute Gasteiger partial charge is 0.310 e. The van der Waals surface area contributed by atoms with Gasteiger partial charge in [0.2, 0.25) is 0 Å². The molecule has 0 saturated carbocycles. The van der Waals surface area contributed by atoms with E-state index < -0.39 is 0 Å². The lowest BCUT2D eigenvalue weighted by atomic mass is 10.2. The van der Waals surface area contributed by atoms with Crippen LogP contribution in [0.5, 0.6) is 0 Å². The van der Waals surface area contributed by atoms with Crippen LogP contribution in [0.4, 0.5) is 0 Å². The van der Waals surface area contributed by atoms with Crippen LogP contribution in [0.3, 0.4) is 0 Å². The summed E-state index contributed by atoms with van der Waals surface area (Å²) in [5.41, 5.74) is 2.66. The van der Waals surface area contributed by atoms with E-state index in [1.165, 1.54) is 20.9 Å². The smallest absolute Gasteiger partial charge is 0.0219 e. The van der Waals surface area contributed by atoms with E-state index in [0.717, 1.165) is 11.0 Å². The fourth-order valence-corrected chi connectivity index (χ4v) is 3.46. The molecule has 2 aromatic rings. The molecule has 0 unspecified atom stereocenters. The summed E-state index contributed by atoms with van der Waals surface area (Å²) in [5, 5.41) is 3.49. The average Bonchev–Trinajstić information content (AvgIpc) is 2.40. The van der Waals surface area contributed by atoms with Gasteiger partial charge in [0, 0.05) is 26.9 Å². The van der Waals surface area contributed by atoms with Gasteiger partial charge < -0.3 is 5.32 Å². The summed E-state index contributed by atoms with van der Waals surface area (Å²) in [5.74, 6) is 0. The maximum Gasteiger partial charge on any atom is 0.0219 e. The van der Waals surface area contributed by atoms with E-state index >= 15 is 0 Å². The lowest BCUT2D eigenvalue weighted by Crippen LogP contribution is -2.22. The minimum atomic E-state index is 0.495. The first kappa shape index (κ1) is 15.6. The molecule has 1 nitrogen and oxygen atoms in total. The zero-order valence-electron chi connectivity index (χ0n) is 12.1. The predicted octanol–water partition coefficient (Wildman–Crippen LogP) is 5.41. The molecule has 2 aromatic carbocycles. The first-order valence-electron chi connectivity index (χ1n) is 6.81. The van der Waals surface area contributed by atoms with Crippen LogP contribution in [0.1, 0.15) is 25.0 Å². The van der Waals surface area contributed by atoms with Gasteiger partial charge in [0.25, 0.3) is 0 Å². The third kappa shape index (κ3) is 4.37. The van der Waals surface area contributed by atoms with E-state index in [2.05, 4.69) is 84.5 Å². The Hall–Kier alpha value is -0.770. The summed E-state index contributed by atoms with van der Waals surface area (Å²) >= 11 is 5.41. The Morgan fingerprint density at radius 1 is 1.10 bits per heavy atom. The van der Waals surface area contributed by atoms with Crippen LogP contribution in [-0.2, 0) is 6.54 Å². The van der Waals surface area contributed by atoms with Gasteiger partial charge in [0.1, 0.15) is 0 Å². The van der Waals surface area contributed by atoms with Crippen molar-refractivity contribution in [3.63, 3.8) is 0 Å². The van der Waals surface area contributed by atoms with Crippen LogP contribution in [0, 0.1) is 6.92 Å². The molecule has 0 radical (unpaired) electrons. The Balaban J connectivity index is 2.25. The van der Waals surface area contributed by atoms with Gasteiger partial charge in [-0.3, -0.25) is 0 Å². The van der Waals surface area contributed by atoms with E-state index in [9.17, 15) is 0 Å². The van der Waals surface area contributed by atoms with Crippen molar-refractivity contribution in [2.75, 3.05) is 0 Å². The molecule has 2 rings (SSSR count). The highest BCUT2D eigenvalue weighted by Crippen LogP contribution is 2.34. The Bertz CT molecular complexity index is 581. The zero-order chi connectivity index (χ0) is 14.5. The van der Waals surface area contributed by atoms with Gasteiger partial charge in [-0.1, -0.05) is 65.8 Å². The van der Waals surface area contributed by atoms with E-state index in [1.54, 1.807) is 0 Å². The summed E-state index contributed by atoms with van der Waals surface area (Å²) in [7, 11) is 0. The highest BCUT2D eigenvalue weighted by Gasteiger charge is 2.07. The van der Waals surface area contributed by atoms with Crippen LogP contribution in [-0.4, -0.2) is 6.04 Å². The summed E-state index contributed by atoms with van der Waals surface area (Å²) in [6, 6.07) is 15.5. The maximum absolute atomic E-state index is 3.57. The normalized spacial score (nSPS) is 11.1. The van der Waals surface area contributed by atoms with Crippen molar-refractivity contribution in [2.45, 2.75) is 43.1 Å². The van der Waals surface area contributed by atoms with Crippen molar-refractivity contribution in [3.05, 3.63) is 58.1 Å². The molecule has 0 heterocycles. The molecule has 0 atom stereocenters. The molecule has 0 spiro atoms. The Kier molecular flexibility index (Phi) is 5.70. The monoisotopic (exact) mass is 349 g/mol. The Morgan fingerprint density at radius 3 is 2.55 bits per heavy atom. The average molecular weight is 350 g/mol. The van der Waals surface area contributed by atoms with E-state index in [1.807, 2.05) is 11.8 Å². The molecule has 20 heavy (non-hydrogen) atoms. The molecule has 0 aliphatic carbocycles. The summed E-state index contributed by atoms with van der Waals surface area (Å²) < 4.78 is 1.13. The van der Waals surface area contributed by atoms with E-state index in [0.29, 0.717) is 6.04 Å². The van der Waals surface area contributed by atoms with Gasteiger partial charge in [-0.05, 0) is 36.2 Å². The van der Waals surface area contributed by atoms with Gasteiger partial charge in [0.05, 0.1) is 0 Å². The lowest BCUT2D eigenvalue weighted by Gasteiger charge is -2.14. The zero-order valence-corrected chi connectivity index (χ0v) is 14.5. The van der Waals surface area contributed by atoms with Crippen molar-refractivity contribution in [1.29, 1.82) is 0 Å². The van der Waals surface area contributed by atoms with E-state index in [-0.39, 0.29) is 0 Å². The van der Waals surface area contributed by atoms with Gasteiger partial charge in [0.15, 0.2) is 0 Å². The summed E-state index contributed by atoms with van der Waals surface area (Å²) in [6.07, 6.45) is 0. The summed E-state index contributed by atoms with van der Waals surface area (Å²) in [6.45, 7) is 7.41. The second-order valence-electron chi connectivity index (χ2n) is 5.16. The quantitative estimate of drug-likeness (QED) is 0.774. The molecular weight excluding hydrogens is 330 g/mol. The first-order chi connectivity index (χ1) is 9.56. The third-order valence-corrected chi connectivity index (χ3v) is 4.81. The van der Waals surface area contributed by atoms with Gasteiger partial charge >= 0.3 is 0 Å². The van der Waals surface area contributed by atoms with Crippen LogP contribution in [0.25, 0.3) is 0 Å². The van der Waals surface area contributed by atoms with Crippen LogP contribution < -0.4 is 5.32 Å². The molecule has 1 N–H and O–H groups in total. The second-order valence-corrected chi connectivity index (χ2v) is 7.15. The SMILES string of the molecule is Cc1ccccc1Sc1cc(Br)ccc1CNC(C)C. The molecule has 0 fully saturated rings. The molecule has 0 saturated heterocycles. The Labute approximate surface area is 134 Å². The highest BCUT2D eigenvalue weighted by molar-refractivity contribution is 9.10. The molecule has 0 aliphatic rings. The lowest BCUT2D eigenvalue weighted by molar-refractivity contribution is 0.584. The highest BCUT2D eigenvalue weighted by atomic mass is 79.9. The van der Waals surface area contributed by atoms with Gasteiger partial charge in [-0.25, -0.2) is 0 Å². The molecule has 106 valence electrons. The number of hydrogen-bond acceptors (Lipinski definition) is 2. The maximum atomic E-state index is 3.57. The molecule has 0 aliphatic heterocycles. The minimum absolute atomic E-state index is 0.495. The van der Waals surface area contributed by atoms with Crippen molar-refractivity contribution in [2.24, 2.45) is 0 Å². The minimum Gasteiger partial charge on any atom is -0.310 e. The molecular formula is C17H20BrNS. The van der Waals surface area contributed by atoms with Gasteiger partial charge in [-0.15, -0.1) is 0 Å². The standard InChI is InChI=1S/C17H20BrNS/c1-12(2)19-11-14-8-9-15(18)10-17(14)20-16-7-5-4-6-13(16)3/h4-10,12,19H,11H2,1-3H3. The van der Waals surface area contributed by atoms with E-state index in [4.69, 9.17) is 0 Å². The molecule has 3 heteroatoms. The van der Waals surface area contributed by atoms with Crippen molar-refractivity contribution >= 4 is 27.7 Å². The number of benzene rings is 2. The predicted molar refractivity (Wildman–Crippen MR) is 91.4 cm³/mol. The molecule has 0 bridgehead atoms. The van der Waals surface area contributed by atoms with Crippen LogP contribution in [0.2, 0.25) is 0 Å². The van der Waals surface area contributed by atoms with Crippen LogP contribution in [0.15, 0.2) is 56.7 Å². The van der Waals surface area contributed by atoms with Crippen molar-refractivity contribution < 1.29 is 0 Å². The van der Waals surface area contributed by atoms with Crippen molar-refractivity contribution in [3.8, 4) is 0 Å². The third-order valence-electron chi connectivity index (χ3n) is 3.04. The summed E-state index contributed by atoms with van der Waals surface area (Å²) in [4.78, 5) is 2.62. The molecule has 0 aromatic heterocycles. The second kappa shape index (κ2) is 7.30.